The number of Topliss-reactive ketones (excluding diaryl/α,β-unsaturated/α-hetero) is 1. The quantitative estimate of drug-likeness (QED) is 0.547. The van der Waals surface area contributed by atoms with E-state index in [-0.39, 0.29) is 11.5 Å². The predicted octanol–water partition coefficient (Wildman–Crippen LogP) is 2.45. The summed E-state index contributed by atoms with van der Waals surface area (Å²) in [5.41, 5.74) is 0.661. The van der Waals surface area contributed by atoms with Crippen molar-refractivity contribution in [1.82, 2.24) is 20.8 Å². The molecule has 1 aromatic carbocycles. The van der Waals surface area contributed by atoms with Gasteiger partial charge < -0.3 is 5.32 Å². The van der Waals surface area contributed by atoms with Crippen LogP contribution in [0.3, 0.4) is 0 Å². The van der Waals surface area contributed by atoms with Gasteiger partial charge in [0, 0.05) is 12.6 Å². The zero-order valence-electron chi connectivity index (χ0n) is 13.5. The molecule has 7 nitrogen and oxygen atoms in total. The molecule has 2 N–H and O–H groups in total. The van der Waals surface area contributed by atoms with Crippen molar-refractivity contribution in [1.29, 1.82) is 0 Å². The zero-order valence-corrected chi connectivity index (χ0v) is 16.0. The molecule has 0 fully saturated rings. The number of hydrogen-bond donors (Lipinski definition) is 2. The lowest BCUT2D eigenvalue weighted by atomic mass is 10.2. The van der Waals surface area contributed by atoms with Gasteiger partial charge in [0.2, 0.25) is 5.91 Å². The number of imide groups is 1. The molecule has 0 aliphatic rings. The average molecular weight is 397 g/mol. The van der Waals surface area contributed by atoms with Crippen molar-refractivity contribution < 1.29 is 14.4 Å². The second kappa shape index (κ2) is 9.54. The fraction of sp³-hybridized carbons (Fsp3) is 0.267. The first-order valence-corrected chi connectivity index (χ1v) is 9.91. The number of urea groups is 1. The lowest BCUT2D eigenvalue weighted by Gasteiger charge is -2.08. The molecule has 2 rings (SSSR count). The summed E-state index contributed by atoms with van der Waals surface area (Å²) >= 11 is 3.83. The summed E-state index contributed by atoms with van der Waals surface area (Å²) < 4.78 is 1.26. The van der Waals surface area contributed by atoms with E-state index in [2.05, 4.69) is 20.8 Å². The zero-order chi connectivity index (χ0) is 18.2. The van der Waals surface area contributed by atoms with Crippen LogP contribution in [0.25, 0.3) is 0 Å². The SMILES string of the molecule is CNC(=O)NC(=O)C(C)Sc1nnc(SCC(=O)c2ccccc2)s1. The Bertz CT molecular complexity index is 751. The Labute approximate surface area is 157 Å². The van der Waals surface area contributed by atoms with E-state index in [0.717, 1.165) is 0 Å². The minimum absolute atomic E-state index is 0.0216. The molecule has 0 spiro atoms. The summed E-state index contributed by atoms with van der Waals surface area (Å²) in [6.45, 7) is 1.68. The van der Waals surface area contributed by atoms with Crippen LogP contribution in [0.4, 0.5) is 4.79 Å². The van der Waals surface area contributed by atoms with Crippen molar-refractivity contribution in [3.8, 4) is 0 Å². The topological polar surface area (TPSA) is 101 Å². The molecular formula is C15H16N4O3S3. The average Bonchev–Trinajstić information content (AvgIpc) is 3.07. The molecule has 0 bridgehead atoms. The first-order valence-electron chi connectivity index (χ1n) is 7.23. The minimum Gasteiger partial charge on any atom is -0.341 e. The molecule has 1 unspecified atom stereocenters. The number of rotatable bonds is 7. The largest absolute Gasteiger partial charge is 0.341 e. The lowest BCUT2D eigenvalue weighted by molar-refractivity contribution is -0.119. The molecule has 0 saturated heterocycles. The molecule has 132 valence electrons. The minimum atomic E-state index is -0.551. The summed E-state index contributed by atoms with van der Waals surface area (Å²) in [4.78, 5) is 35.0. The van der Waals surface area contributed by atoms with Crippen molar-refractivity contribution in [2.24, 2.45) is 0 Å². The van der Waals surface area contributed by atoms with Gasteiger partial charge in [-0.15, -0.1) is 10.2 Å². The number of amides is 3. The third-order valence-electron chi connectivity index (χ3n) is 2.92. The number of carbonyl (C=O) groups is 3. The van der Waals surface area contributed by atoms with E-state index in [1.165, 1.54) is 41.9 Å². The number of benzene rings is 1. The summed E-state index contributed by atoms with van der Waals surface area (Å²) in [6.07, 6.45) is 0. The molecule has 3 amide bonds. The number of thioether (sulfide) groups is 2. The number of ketones is 1. The van der Waals surface area contributed by atoms with Gasteiger partial charge >= 0.3 is 6.03 Å². The Balaban J connectivity index is 1.84. The van der Waals surface area contributed by atoms with Gasteiger partial charge in [-0.05, 0) is 6.92 Å². The first-order chi connectivity index (χ1) is 12.0. The molecule has 0 aliphatic carbocycles. The smallest absolute Gasteiger partial charge is 0.321 e. The van der Waals surface area contributed by atoms with E-state index in [1.807, 2.05) is 18.2 Å². The molecule has 2 aromatic rings. The van der Waals surface area contributed by atoms with Gasteiger partial charge in [-0.3, -0.25) is 14.9 Å². The number of aromatic nitrogens is 2. The molecular weight excluding hydrogens is 380 g/mol. The van der Waals surface area contributed by atoms with Crippen molar-refractivity contribution in [3.63, 3.8) is 0 Å². The van der Waals surface area contributed by atoms with Crippen molar-refractivity contribution in [2.75, 3.05) is 12.8 Å². The monoisotopic (exact) mass is 396 g/mol. The summed E-state index contributed by atoms with van der Waals surface area (Å²) in [5, 5.41) is 12.1. The fourth-order valence-corrected chi connectivity index (χ4v) is 4.68. The highest BCUT2D eigenvalue weighted by molar-refractivity contribution is 8.04. The van der Waals surface area contributed by atoms with Gasteiger partial charge in [0.25, 0.3) is 0 Å². The van der Waals surface area contributed by atoms with Crippen LogP contribution in [0.1, 0.15) is 17.3 Å². The maximum atomic E-state index is 12.1. The summed E-state index contributed by atoms with van der Waals surface area (Å²) in [5.74, 6) is -0.114. The molecule has 0 saturated carbocycles. The molecule has 10 heteroatoms. The Morgan fingerprint density at radius 1 is 1.16 bits per heavy atom. The third-order valence-corrected chi connectivity index (χ3v) is 6.16. The van der Waals surface area contributed by atoms with E-state index in [9.17, 15) is 14.4 Å². The van der Waals surface area contributed by atoms with Crippen molar-refractivity contribution >= 4 is 52.6 Å². The van der Waals surface area contributed by atoms with E-state index in [4.69, 9.17) is 0 Å². The van der Waals surface area contributed by atoms with Gasteiger partial charge in [0.15, 0.2) is 14.5 Å². The highest BCUT2D eigenvalue weighted by atomic mass is 32.2. The Kier molecular flexibility index (Phi) is 7.41. The van der Waals surface area contributed by atoms with Gasteiger partial charge in [-0.1, -0.05) is 65.2 Å². The van der Waals surface area contributed by atoms with Gasteiger partial charge in [0.1, 0.15) is 0 Å². The Hall–Kier alpha value is -1.91. The standard InChI is InChI=1S/C15H16N4O3S3/c1-9(12(21)17-13(22)16-2)24-15-19-18-14(25-15)23-8-11(20)10-6-4-3-5-7-10/h3-7,9H,8H2,1-2H3,(H2,16,17,21,22). The summed E-state index contributed by atoms with van der Waals surface area (Å²) in [6, 6.07) is 8.50. The van der Waals surface area contributed by atoms with Crippen LogP contribution in [-0.4, -0.2) is 46.0 Å². The van der Waals surface area contributed by atoms with E-state index < -0.39 is 17.2 Å². The van der Waals surface area contributed by atoms with Crippen molar-refractivity contribution in [3.05, 3.63) is 35.9 Å². The normalized spacial score (nSPS) is 11.6. The molecule has 0 radical (unpaired) electrons. The molecule has 1 heterocycles. The lowest BCUT2D eigenvalue weighted by Crippen LogP contribution is -2.41. The fourth-order valence-electron chi connectivity index (χ4n) is 1.62. The van der Waals surface area contributed by atoms with Gasteiger partial charge in [-0.2, -0.15) is 0 Å². The van der Waals surface area contributed by atoms with Crippen LogP contribution in [0.15, 0.2) is 39.0 Å². The van der Waals surface area contributed by atoms with Crippen LogP contribution < -0.4 is 10.6 Å². The van der Waals surface area contributed by atoms with E-state index in [0.29, 0.717) is 14.2 Å². The van der Waals surface area contributed by atoms with Crippen LogP contribution in [-0.2, 0) is 4.79 Å². The Morgan fingerprint density at radius 2 is 1.84 bits per heavy atom. The molecule has 0 aliphatic heterocycles. The molecule has 1 atom stereocenters. The van der Waals surface area contributed by atoms with E-state index >= 15 is 0 Å². The van der Waals surface area contributed by atoms with Gasteiger partial charge in [0.05, 0.1) is 11.0 Å². The van der Waals surface area contributed by atoms with E-state index in [1.54, 1.807) is 19.1 Å². The number of nitrogens with zero attached hydrogens (tertiary/aromatic N) is 2. The summed E-state index contributed by atoms with van der Waals surface area (Å²) in [7, 11) is 1.44. The number of carbonyl (C=O) groups excluding carboxylic acids is 3. The number of nitrogens with one attached hydrogen (secondary N) is 2. The maximum absolute atomic E-state index is 12.1. The van der Waals surface area contributed by atoms with Crippen LogP contribution in [0.5, 0.6) is 0 Å². The van der Waals surface area contributed by atoms with Crippen LogP contribution in [0, 0.1) is 0 Å². The second-order valence-electron chi connectivity index (χ2n) is 4.74. The highest BCUT2D eigenvalue weighted by Gasteiger charge is 2.19. The second-order valence-corrected chi connectivity index (χ2v) is 8.53. The number of hydrogen-bond acceptors (Lipinski definition) is 8. The molecule has 1 aromatic heterocycles. The van der Waals surface area contributed by atoms with Crippen LogP contribution in [0.2, 0.25) is 0 Å². The Morgan fingerprint density at radius 3 is 2.52 bits per heavy atom. The molecule has 25 heavy (non-hydrogen) atoms. The van der Waals surface area contributed by atoms with Crippen LogP contribution >= 0.6 is 34.9 Å². The van der Waals surface area contributed by atoms with Gasteiger partial charge in [-0.25, -0.2) is 4.79 Å². The highest BCUT2D eigenvalue weighted by Crippen LogP contribution is 2.31. The van der Waals surface area contributed by atoms with Crippen molar-refractivity contribution in [2.45, 2.75) is 20.9 Å². The predicted molar refractivity (Wildman–Crippen MR) is 99.3 cm³/mol. The maximum Gasteiger partial charge on any atom is 0.321 e. The first kappa shape index (κ1) is 19.4. The third kappa shape index (κ3) is 6.15.